The number of benzene rings is 2. The van der Waals surface area contributed by atoms with E-state index in [1.54, 1.807) is 13.0 Å². The molecule has 2 rings (SSSR count). The van der Waals surface area contributed by atoms with Crippen LogP contribution >= 0.6 is 27.5 Å². The number of ether oxygens (including phenoxy) is 1. The Hall–Kier alpha value is -2.30. The lowest BCUT2D eigenvalue weighted by molar-refractivity contribution is -0.139. The molecule has 0 spiro atoms. The number of nitrogens with zero attached hydrogens (tertiary/aromatic N) is 2. The predicted molar refractivity (Wildman–Crippen MR) is 142 cm³/mol. The van der Waals surface area contributed by atoms with Gasteiger partial charge >= 0.3 is 0 Å². The van der Waals surface area contributed by atoms with Gasteiger partial charge < -0.3 is 15.0 Å². The lowest BCUT2D eigenvalue weighted by Crippen LogP contribution is -2.52. The molecule has 0 bridgehead atoms. The maximum atomic E-state index is 13.6. The Morgan fingerprint density at radius 2 is 1.86 bits per heavy atom. The molecule has 0 saturated carbocycles. The lowest BCUT2D eigenvalue weighted by atomic mass is 10.1. The number of rotatable bonds is 11. The Morgan fingerprint density at radius 1 is 1.17 bits per heavy atom. The third-order valence-electron chi connectivity index (χ3n) is 5.50. The van der Waals surface area contributed by atoms with E-state index in [1.807, 2.05) is 38.1 Å². The van der Waals surface area contributed by atoms with Gasteiger partial charge in [0, 0.05) is 22.1 Å². The quantitative estimate of drug-likeness (QED) is 0.424. The number of carbonyl (C=O) groups is 2. The number of nitrogens with one attached hydrogen (secondary N) is 1. The van der Waals surface area contributed by atoms with Crippen LogP contribution in [0.3, 0.4) is 0 Å². The minimum atomic E-state index is -3.91. The Kier molecular flexibility index (Phi) is 10.4. The second-order valence-electron chi connectivity index (χ2n) is 8.23. The standard InChI is InChI=1S/C24H31BrClN3O5S/c1-6-16(2)27-24(31)17(3)28(14-18-8-7-9-19(25)12-18)23(30)15-29(35(5,32)33)21-13-20(26)10-11-22(21)34-4/h7-13,16-17H,6,14-15H2,1-5H3,(H,27,31)/t16-,17-/m1/s1. The van der Waals surface area contributed by atoms with Crippen molar-refractivity contribution in [3.05, 3.63) is 57.5 Å². The molecule has 0 radical (unpaired) electrons. The number of methoxy groups -OCH3 is 1. The Labute approximate surface area is 220 Å². The molecule has 2 aromatic carbocycles. The van der Waals surface area contributed by atoms with E-state index in [2.05, 4.69) is 21.2 Å². The zero-order valence-corrected chi connectivity index (χ0v) is 23.6. The number of sulfonamides is 1. The summed E-state index contributed by atoms with van der Waals surface area (Å²) >= 11 is 9.53. The topological polar surface area (TPSA) is 96.0 Å². The van der Waals surface area contributed by atoms with Crippen molar-refractivity contribution in [3.63, 3.8) is 0 Å². The van der Waals surface area contributed by atoms with Crippen molar-refractivity contribution in [2.24, 2.45) is 0 Å². The van der Waals surface area contributed by atoms with Gasteiger partial charge in [-0.1, -0.05) is 46.6 Å². The summed E-state index contributed by atoms with van der Waals surface area (Å²) in [5.41, 5.74) is 0.914. The smallest absolute Gasteiger partial charge is 0.244 e. The van der Waals surface area contributed by atoms with Gasteiger partial charge in [0.1, 0.15) is 18.3 Å². The van der Waals surface area contributed by atoms with Crippen molar-refractivity contribution < 1.29 is 22.7 Å². The molecule has 192 valence electrons. The largest absolute Gasteiger partial charge is 0.495 e. The maximum absolute atomic E-state index is 13.6. The summed E-state index contributed by atoms with van der Waals surface area (Å²) in [6.45, 7) is 5.02. The van der Waals surface area contributed by atoms with E-state index < -0.39 is 28.5 Å². The molecule has 2 amide bonds. The second kappa shape index (κ2) is 12.6. The first-order chi connectivity index (χ1) is 16.4. The highest BCUT2D eigenvalue weighted by molar-refractivity contribution is 9.10. The van der Waals surface area contributed by atoms with Crippen LogP contribution in [0, 0.1) is 0 Å². The van der Waals surface area contributed by atoms with Crippen LogP contribution in [0.4, 0.5) is 5.69 Å². The monoisotopic (exact) mass is 587 g/mol. The third kappa shape index (κ3) is 8.12. The molecular formula is C24H31BrClN3O5S. The van der Waals surface area contributed by atoms with Crippen molar-refractivity contribution >= 4 is 55.1 Å². The van der Waals surface area contributed by atoms with Gasteiger partial charge in [-0.2, -0.15) is 0 Å². The third-order valence-corrected chi connectivity index (χ3v) is 7.35. The lowest BCUT2D eigenvalue weighted by Gasteiger charge is -2.32. The van der Waals surface area contributed by atoms with E-state index in [-0.39, 0.29) is 35.0 Å². The molecule has 11 heteroatoms. The van der Waals surface area contributed by atoms with E-state index in [4.69, 9.17) is 16.3 Å². The minimum absolute atomic E-state index is 0.0731. The summed E-state index contributed by atoms with van der Waals surface area (Å²) in [6.07, 6.45) is 1.73. The number of amides is 2. The fourth-order valence-electron chi connectivity index (χ4n) is 3.33. The molecule has 0 aliphatic carbocycles. The summed E-state index contributed by atoms with van der Waals surface area (Å²) in [4.78, 5) is 27.9. The average molecular weight is 589 g/mol. The van der Waals surface area contributed by atoms with Crippen molar-refractivity contribution in [3.8, 4) is 5.75 Å². The van der Waals surface area contributed by atoms with Gasteiger partial charge in [-0.15, -0.1) is 0 Å². The Morgan fingerprint density at radius 3 is 2.43 bits per heavy atom. The van der Waals surface area contributed by atoms with Gasteiger partial charge in [0.25, 0.3) is 0 Å². The van der Waals surface area contributed by atoms with Gasteiger partial charge in [0.05, 0.1) is 19.1 Å². The highest BCUT2D eigenvalue weighted by Gasteiger charge is 2.31. The average Bonchev–Trinajstić information content (AvgIpc) is 2.79. The highest BCUT2D eigenvalue weighted by Crippen LogP contribution is 2.33. The minimum Gasteiger partial charge on any atom is -0.495 e. The van der Waals surface area contributed by atoms with Gasteiger partial charge in [0.2, 0.25) is 21.8 Å². The molecule has 2 atom stereocenters. The van der Waals surface area contributed by atoms with Crippen LogP contribution in [0.1, 0.15) is 32.8 Å². The summed E-state index contributed by atoms with van der Waals surface area (Å²) in [6, 6.07) is 10.9. The van der Waals surface area contributed by atoms with E-state index in [0.29, 0.717) is 0 Å². The number of carbonyl (C=O) groups excluding carboxylic acids is 2. The molecule has 0 aliphatic rings. The second-order valence-corrected chi connectivity index (χ2v) is 11.5. The fraction of sp³-hybridized carbons (Fsp3) is 0.417. The predicted octanol–water partition coefficient (Wildman–Crippen LogP) is 4.21. The molecule has 8 nitrogen and oxygen atoms in total. The van der Waals surface area contributed by atoms with Gasteiger partial charge in [-0.05, 0) is 56.2 Å². The van der Waals surface area contributed by atoms with Crippen molar-refractivity contribution in [1.82, 2.24) is 10.2 Å². The summed E-state index contributed by atoms with van der Waals surface area (Å²) < 4.78 is 32.5. The normalized spacial score (nSPS) is 13.0. The summed E-state index contributed by atoms with van der Waals surface area (Å²) in [5.74, 6) is -0.633. The van der Waals surface area contributed by atoms with Crippen molar-refractivity contribution in [1.29, 1.82) is 0 Å². The zero-order valence-electron chi connectivity index (χ0n) is 20.4. The molecule has 0 fully saturated rings. The van der Waals surface area contributed by atoms with Crippen LogP contribution in [-0.4, -0.2) is 57.1 Å². The van der Waals surface area contributed by atoms with Crippen LogP contribution in [-0.2, 0) is 26.2 Å². The molecular weight excluding hydrogens is 558 g/mol. The molecule has 1 N–H and O–H groups in total. The van der Waals surface area contributed by atoms with Crippen LogP contribution < -0.4 is 14.4 Å². The van der Waals surface area contributed by atoms with E-state index in [1.165, 1.54) is 24.1 Å². The van der Waals surface area contributed by atoms with Gasteiger partial charge in [0.15, 0.2) is 0 Å². The van der Waals surface area contributed by atoms with Crippen LogP contribution in [0.5, 0.6) is 5.75 Å². The zero-order chi connectivity index (χ0) is 26.3. The summed E-state index contributed by atoms with van der Waals surface area (Å²) in [7, 11) is -2.51. The van der Waals surface area contributed by atoms with Crippen LogP contribution in [0.15, 0.2) is 46.9 Å². The maximum Gasteiger partial charge on any atom is 0.244 e. The number of halogens is 2. The molecule has 0 saturated heterocycles. The molecule has 2 aromatic rings. The number of hydrogen-bond acceptors (Lipinski definition) is 5. The first kappa shape index (κ1) is 28.9. The van der Waals surface area contributed by atoms with Crippen molar-refractivity contribution in [2.75, 3.05) is 24.2 Å². The molecule has 0 aromatic heterocycles. The van der Waals surface area contributed by atoms with Crippen LogP contribution in [0.2, 0.25) is 5.02 Å². The number of hydrogen-bond donors (Lipinski definition) is 1. The summed E-state index contributed by atoms with van der Waals surface area (Å²) in [5, 5.41) is 3.18. The number of anilines is 1. The molecule has 0 aliphatic heterocycles. The highest BCUT2D eigenvalue weighted by atomic mass is 79.9. The molecule has 35 heavy (non-hydrogen) atoms. The Balaban J connectivity index is 2.46. The first-order valence-electron chi connectivity index (χ1n) is 11.0. The first-order valence-corrected chi connectivity index (χ1v) is 14.0. The van der Waals surface area contributed by atoms with Crippen molar-refractivity contribution in [2.45, 2.75) is 45.8 Å². The van der Waals surface area contributed by atoms with E-state index in [0.717, 1.165) is 27.0 Å². The van der Waals surface area contributed by atoms with E-state index in [9.17, 15) is 18.0 Å². The van der Waals surface area contributed by atoms with Gasteiger partial charge in [-0.3, -0.25) is 13.9 Å². The Bertz CT molecular complexity index is 1160. The SMILES string of the molecule is CC[C@@H](C)NC(=O)[C@@H](C)N(Cc1cccc(Br)c1)C(=O)CN(c1cc(Cl)ccc1OC)S(C)(=O)=O. The van der Waals surface area contributed by atoms with Crippen LogP contribution in [0.25, 0.3) is 0 Å². The molecule has 0 heterocycles. The fourth-order valence-corrected chi connectivity index (χ4v) is 4.79. The van der Waals surface area contributed by atoms with E-state index >= 15 is 0 Å². The van der Waals surface area contributed by atoms with Gasteiger partial charge in [-0.25, -0.2) is 8.42 Å². The molecule has 0 unspecified atom stereocenters.